The highest BCUT2D eigenvalue weighted by molar-refractivity contribution is 6.35. The van der Waals surface area contributed by atoms with E-state index < -0.39 is 0 Å². The molecule has 4 aromatic rings. The molecular formula is C27H29ClN4O2. The summed E-state index contributed by atoms with van der Waals surface area (Å²) in [5, 5.41) is 5.88. The first-order valence-corrected chi connectivity index (χ1v) is 12.2. The van der Waals surface area contributed by atoms with Gasteiger partial charge in [-0.1, -0.05) is 17.7 Å². The first-order valence-electron chi connectivity index (χ1n) is 11.8. The van der Waals surface area contributed by atoms with Crippen molar-refractivity contribution in [1.82, 2.24) is 20.2 Å². The highest BCUT2D eigenvalue weighted by Crippen LogP contribution is 2.36. The monoisotopic (exact) mass is 476 g/mol. The summed E-state index contributed by atoms with van der Waals surface area (Å²) < 4.78 is 5.31. The SMILES string of the molecule is COc1ccc2nccc(C(=O)NCCCN3CCC(c4c[nH]c5cccc(Cl)c45)CC3)c2c1. The molecule has 1 fully saturated rings. The zero-order valence-corrected chi connectivity index (χ0v) is 20.1. The number of fused-ring (bicyclic) bond motifs is 2. The van der Waals surface area contributed by atoms with Crippen molar-refractivity contribution in [3.63, 3.8) is 0 Å². The number of methoxy groups -OCH3 is 1. The molecule has 0 bridgehead atoms. The summed E-state index contributed by atoms with van der Waals surface area (Å²) in [6.45, 7) is 3.74. The maximum absolute atomic E-state index is 12.8. The lowest BCUT2D eigenvalue weighted by molar-refractivity contribution is 0.0952. The number of pyridine rings is 1. The number of hydrogen-bond acceptors (Lipinski definition) is 4. The molecule has 2 N–H and O–H groups in total. The van der Waals surface area contributed by atoms with Crippen LogP contribution >= 0.6 is 11.6 Å². The number of nitrogens with one attached hydrogen (secondary N) is 2. The van der Waals surface area contributed by atoms with E-state index in [1.54, 1.807) is 19.4 Å². The van der Waals surface area contributed by atoms with Crippen molar-refractivity contribution in [2.45, 2.75) is 25.2 Å². The van der Waals surface area contributed by atoms with E-state index in [2.05, 4.69) is 32.4 Å². The van der Waals surface area contributed by atoms with Crippen LogP contribution in [0.4, 0.5) is 0 Å². The maximum Gasteiger partial charge on any atom is 0.252 e. The molecule has 0 atom stereocenters. The van der Waals surface area contributed by atoms with E-state index in [0.29, 0.717) is 23.8 Å². The summed E-state index contributed by atoms with van der Waals surface area (Å²) in [7, 11) is 1.62. The molecule has 3 heterocycles. The Hall–Kier alpha value is -3.09. The van der Waals surface area contributed by atoms with Crippen LogP contribution in [0.3, 0.4) is 0 Å². The largest absolute Gasteiger partial charge is 0.497 e. The fourth-order valence-corrected chi connectivity index (χ4v) is 5.29. The highest BCUT2D eigenvalue weighted by atomic mass is 35.5. The summed E-state index contributed by atoms with van der Waals surface area (Å²) in [5.74, 6) is 1.17. The third-order valence-electron chi connectivity index (χ3n) is 6.84. The number of halogens is 1. The number of hydrogen-bond donors (Lipinski definition) is 2. The van der Waals surface area contributed by atoms with Crippen molar-refractivity contribution in [2.24, 2.45) is 0 Å². The van der Waals surface area contributed by atoms with Crippen molar-refractivity contribution in [1.29, 1.82) is 0 Å². The van der Waals surface area contributed by atoms with Gasteiger partial charge in [-0.25, -0.2) is 0 Å². The minimum absolute atomic E-state index is 0.0735. The van der Waals surface area contributed by atoms with E-state index >= 15 is 0 Å². The molecule has 1 amide bonds. The normalized spacial score (nSPS) is 15.1. The van der Waals surface area contributed by atoms with E-state index in [1.807, 2.05) is 30.3 Å². The third kappa shape index (κ3) is 4.61. The van der Waals surface area contributed by atoms with Crippen molar-refractivity contribution >= 4 is 39.3 Å². The Labute approximate surface area is 204 Å². The van der Waals surface area contributed by atoms with Crippen LogP contribution < -0.4 is 10.1 Å². The second-order valence-corrected chi connectivity index (χ2v) is 9.28. The number of piperidine rings is 1. The average molecular weight is 477 g/mol. The van der Waals surface area contributed by atoms with Crippen molar-refractivity contribution in [2.75, 3.05) is 33.3 Å². The zero-order valence-electron chi connectivity index (χ0n) is 19.3. The predicted molar refractivity (Wildman–Crippen MR) is 137 cm³/mol. The van der Waals surface area contributed by atoms with Crippen LogP contribution in [0.5, 0.6) is 5.75 Å². The van der Waals surface area contributed by atoms with E-state index in [9.17, 15) is 4.79 Å². The fraction of sp³-hybridized carbons (Fsp3) is 0.333. The Balaban J connectivity index is 1.12. The van der Waals surface area contributed by atoms with Crippen LogP contribution in [-0.2, 0) is 0 Å². The van der Waals surface area contributed by atoms with E-state index in [1.165, 1.54) is 10.9 Å². The molecule has 2 aromatic heterocycles. The molecule has 0 spiro atoms. The van der Waals surface area contributed by atoms with Gasteiger partial charge in [-0.3, -0.25) is 9.78 Å². The number of benzene rings is 2. The van der Waals surface area contributed by atoms with Gasteiger partial charge in [0.15, 0.2) is 0 Å². The quantitative estimate of drug-likeness (QED) is 0.351. The topological polar surface area (TPSA) is 70.2 Å². The van der Waals surface area contributed by atoms with Crippen molar-refractivity contribution < 1.29 is 9.53 Å². The maximum atomic E-state index is 12.8. The number of nitrogens with zero attached hydrogens (tertiary/aromatic N) is 2. The van der Waals surface area contributed by atoms with Gasteiger partial charge in [0, 0.05) is 35.2 Å². The molecule has 2 aromatic carbocycles. The van der Waals surface area contributed by atoms with Crippen molar-refractivity contribution in [3.05, 3.63) is 71.0 Å². The zero-order chi connectivity index (χ0) is 23.5. The third-order valence-corrected chi connectivity index (χ3v) is 7.16. The van der Waals surface area contributed by atoms with Gasteiger partial charge in [0.05, 0.1) is 23.2 Å². The number of carbonyl (C=O) groups excluding carboxylic acids is 1. The first kappa shape index (κ1) is 22.7. The number of aromatic nitrogens is 2. The van der Waals surface area contributed by atoms with Gasteiger partial charge in [-0.2, -0.15) is 0 Å². The second kappa shape index (κ2) is 10.0. The molecule has 1 aliphatic rings. The molecule has 34 heavy (non-hydrogen) atoms. The summed E-state index contributed by atoms with van der Waals surface area (Å²) in [6, 6.07) is 13.4. The summed E-state index contributed by atoms with van der Waals surface area (Å²) >= 11 is 6.48. The Morgan fingerprint density at radius 1 is 1.24 bits per heavy atom. The molecule has 6 nitrogen and oxygen atoms in total. The molecule has 0 saturated carbocycles. The van der Waals surface area contributed by atoms with Gasteiger partial charge in [0.25, 0.3) is 5.91 Å². The smallest absolute Gasteiger partial charge is 0.252 e. The van der Waals surface area contributed by atoms with Crippen molar-refractivity contribution in [3.8, 4) is 5.75 Å². The van der Waals surface area contributed by atoms with Crippen LogP contribution in [0, 0.1) is 0 Å². The van der Waals surface area contributed by atoms with Crippen LogP contribution in [-0.4, -0.2) is 54.1 Å². The number of likely N-dealkylation sites (tertiary alicyclic amines) is 1. The number of H-pyrrole nitrogens is 1. The lowest BCUT2D eigenvalue weighted by Crippen LogP contribution is -2.35. The number of ether oxygens (including phenoxy) is 1. The molecule has 0 unspecified atom stereocenters. The number of aromatic amines is 1. The van der Waals surface area contributed by atoms with Gasteiger partial charge in [0.2, 0.25) is 0 Å². The fourth-order valence-electron chi connectivity index (χ4n) is 5.01. The summed E-state index contributed by atoms with van der Waals surface area (Å²) in [4.78, 5) is 23.0. The summed E-state index contributed by atoms with van der Waals surface area (Å²) in [5.41, 5.74) is 3.87. The molecular weight excluding hydrogens is 448 g/mol. The van der Waals surface area contributed by atoms with Crippen LogP contribution in [0.25, 0.3) is 21.8 Å². The molecule has 5 rings (SSSR count). The Kier molecular flexibility index (Phi) is 6.70. The Morgan fingerprint density at radius 3 is 2.91 bits per heavy atom. The highest BCUT2D eigenvalue weighted by Gasteiger charge is 2.23. The minimum Gasteiger partial charge on any atom is -0.497 e. The van der Waals surface area contributed by atoms with Crippen LogP contribution in [0.15, 0.2) is 54.9 Å². The molecule has 176 valence electrons. The van der Waals surface area contributed by atoms with E-state index in [-0.39, 0.29) is 5.91 Å². The molecule has 1 saturated heterocycles. The van der Waals surface area contributed by atoms with Gasteiger partial charge in [-0.15, -0.1) is 0 Å². The predicted octanol–water partition coefficient (Wildman–Crippen LogP) is 5.38. The Bertz CT molecular complexity index is 1310. The average Bonchev–Trinajstić information content (AvgIpc) is 3.32. The van der Waals surface area contributed by atoms with E-state index in [4.69, 9.17) is 16.3 Å². The molecule has 1 aliphatic heterocycles. The molecule has 7 heteroatoms. The summed E-state index contributed by atoms with van der Waals surface area (Å²) in [6.07, 6.45) is 6.96. The second-order valence-electron chi connectivity index (χ2n) is 8.87. The Morgan fingerprint density at radius 2 is 2.09 bits per heavy atom. The van der Waals surface area contributed by atoms with E-state index in [0.717, 1.165) is 60.3 Å². The number of amides is 1. The van der Waals surface area contributed by atoms with Crippen LogP contribution in [0.2, 0.25) is 5.02 Å². The van der Waals surface area contributed by atoms with Gasteiger partial charge in [0.1, 0.15) is 5.75 Å². The number of rotatable bonds is 7. The number of carbonyl (C=O) groups is 1. The molecule has 0 radical (unpaired) electrons. The first-order chi connectivity index (χ1) is 16.6. The molecule has 0 aliphatic carbocycles. The lowest BCUT2D eigenvalue weighted by Gasteiger charge is -2.32. The van der Waals surface area contributed by atoms with Crippen LogP contribution in [0.1, 0.15) is 41.1 Å². The minimum atomic E-state index is -0.0735. The standard InChI is InChI=1S/C27H29ClN4O2/c1-34-19-6-7-24-21(16-19)20(8-12-29-24)27(33)30-11-3-13-32-14-9-18(10-15-32)22-17-31-25-5-2-4-23(28)26(22)25/h2,4-8,12,16-18,31H,3,9-11,13-15H2,1H3,(H,30,33). The van der Waals surface area contributed by atoms with Gasteiger partial charge < -0.3 is 19.9 Å². The lowest BCUT2D eigenvalue weighted by atomic mass is 9.89. The van der Waals surface area contributed by atoms with Gasteiger partial charge >= 0.3 is 0 Å². The van der Waals surface area contributed by atoms with Gasteiger partial charge in [-0.05, 0) is 86.8 Å².